The van der Waals surface area contributed by atoms with Gasteiger partial charge in [-0.1, -0.05) is 19.1 Å². The first kappa shape index (κ1) is 11.0. The standard InChI is InChI=1S/C8H16N2O2/c1-3-7(2)6-10-4-5-12-8(9)11/h10H,2-6H2,1H3,(H2,9,11). The molecular weight excluding hydrogens is 156 g/mol. The lowest BCUT2D eigenvalue weighted by Crippen LogP contribution is -2.24. The average molecular weight is 172 g/mol. The molecule has 0 unspecified atom stereocenters. The molecule has 0 rings (SSSR count). The van der Waals surface area contributed by atoms with Crippen LogP contribution in [0.3, 0.4) is 0 Å². The normalized spacial score (nSPS) is 9.42. The van der Waals surface area contributed by atoms with Gasteiger partial charge < -0.3 is 15.8 Å². The van der Waals surface area contributed by atoms with Crippen LogP contribution in [0.5, 0.6) is 0 Å². The van der Waals surface area contributed by atoms with Crippen LogP contribution in [0.25, 0.3) is 0 Å². The Kier molecular flexibility index (Phi) is 6.09. The van der Waals surface area contributed by atoms with Crippen molar-refractivity contribution in [3.05, 3.63) is 12.2 Å². The minimum atomic E-state index is -0.730. The third kappa shape index (κ3) is 7.08. The summed E-state index contributed by atoms with van der Waals surface area (Å²) in [6, 6.07) is 0. The topological polar surface area (TPSA) is 64.3 Å². The third-order valence-corrected chi connectivity index (χ3v) is 1.40. The second-order valence-corrected chi connectivity index (χ2v) is 2.45. The van der Waals surface area contributed by atoms with Gasteiger partial charge in [0.25, 0.3) is 0 Å². The van der Waals surface area contributed by atoms with Crippen molar-refractivity contribution in [2.45, 2.75) is 13.3 Å². The molecule has 0 atom stereocenters. The summed E-state index contributed by atoms with van der Waals surface area (Å²) in [5.74, 6) is 0. The maximum Gasteiger partial charge on any atom is 0.404 e. The molecule has 12 heavy (non-hydrogen) atoms. The molecule has 1 amide bonds. The van der Waals surface area contributed by atoms with Gasteiger partial charge in [0.05, 0.1) is 0 Å². The molecule has 0 heterocycles. The fraction of sp³-hybridized carbons (Fsp3) is 0.625. The van der Waals surface area contributed by atoms with E-state index in [1.807, 2.05) is 6.92 Å². The van der Waals surface area contributed by atoms with E-state index in [0.29, 0.717) is 13.2 Å². The first-order chi connectivity index (χ1) is 5.66. The van der Waals surface area contributed by atoms with Gasteiger partial charge in [0, 0.05) is 13.1 Å². The predicted octanol–water partition coefficient (Wildman–Crippen LogP) is 0.638. The lowest BCUT2D eigenvalue weighted by atomic mass is 10.2. The molecule has 4 heteroatoms. The second-order valence-electron chi connectivity index (χ2n) is 2.45. The molecule has 0 saturated carbocycles. The third-order valence-electron chi connectivity index (χ3n) is 1.40. The van der Waals surface area contributed by atoms with Crippen molar-refractivity contribution in [1.82, 2.24) is 5.32 Å². The van der Waals surface area contributed by atoms with Crippen molar-refractivity contribution in [3.8, 4) is 0 Å². The summed E-state index contributed by atoms with van der Waals surface area (Å²) < 4.78 is 4.50. The van der Waals surface area contributed by atoms with Gasteiger partial charge in [-0.15, -0.1) is 0 Å². The van der Waals surface area contributed by atoms with E-state index < -0.39 is 6.09 Å². The molecule has 4 nitrogen and oxygen atoms in total. The maximum absolute atomic E-state index is 10.1. The van der Waals surface area contributed by atoms with Crippen LogP contribution in [0, 0.1) is 0 Å². The Bertz CT molecular complexity index is 157. The maximum atomic E-state index is 10.1. The van der Waals surface area contributed by atoms with E-state index in [9.17, 15) is 4.79 Å². The van der Waals surface area contributed by atoms with Crippen molar-refractivity contribution in [2.24, 2.45) is 5.73 Å². The van der Waals surface area contributed by atoms with Gasteiger partial charge in [-0.2, -0.15) is 0 Å². The minimum Gasteiger partial charge on any atom is -0.448 e. The zero-order valence-electron chi connectivity index (χ0n) is 7.43. The van der Waals surface area contributed by atoms with E-state index in [1.54, 1.807) is 0 Å². The Morgan fingerprint density at radius 1 is 1.67 bits per heavy atom. The van der Waals surface area contributed by atoms with Crippen molar-refractivity contribution in [2.75, 3.05) is 19.7 Å². The van der Waals surface area contributed by atoms with E-state index in [-0.39, 0.29) is 0 Å². The van der Waals surface area contributed by atoms with Crippen molar-refractivity contribution in [3.63, 3.8) is 0 Å². The molecule has 0 bridgehead atoms. The van der Waals surface area contributed by atoms with E-state index in [0.717, 1.165) is 18.5 Å². The van der Waals surface area contributed by atoms with Crippen molar-refractivity contribution in [1.29, 1.82) is 0 Å². The fourth-order valence-corrected chi connectivity index (χ4v) is 0.614. The first-order valence-corrected chi connectivity index (χ1v) is 3.96. The van der Waals surface area contributed by atoms with Gasteiger partial charge in [0.15, 0.2) is 0 Å². The Labute approximate surface area is 72.8 Å². The van der Waals surface area contributed by atoms with E-state index in [4.69, 9.17) is 5.73 Å². The summed E-state index contributed by atoms with van der Waals surface area (Å²) in [5, 5.41) is 3.06. The Morgan fingerprint density at radius 2 is 2.33 bits per heavy atom. The summed E-state index contributed by atoms with van der Waals surface area (Å²) in [6.45, 7) is 7.54. The molecule has 70 valence electrons. The Balaban J connectivity index is 3.11. The average Bonchev–Trinajstić information content (AvgIpc) is 2.03. The monoisotopic (exact) mass is 172 g/mol. The molecule has 0 aromatic heterocycles. The van der Waals surface area contributed by atoms with Gasteiger partial charge in [-0.3, -0.25) is 0 Å². The molecule has 0 aliphatic rings. The summed E-state index contributed by atoms with van der Waals surface area (Å²) >= 11 is 0. The molecule has 0 aromatic rings. The van der Waals surface area contributed by atoms with Gasteiger partial charge >= 0.3 is 6.09 Å². The molecule has 0 aliphatic heterocycles. The van der Waals surface area contributed by atoms with Crippen molar-refractivity contribution < 1.29 is 9.53 Å². The molecule has 3 N–H and O–H groups in total. The van der Waals surface area contributed by atoms with Gasteiger partial charge in [0.2, 0.25) is 0 Å². The van der Waals surface area contributed by atoms with Crippen LogP contribution in [0.2, 0.25) is 0 Å². The minimum absolute atomic E-state index is 0.312. The highest BCUT2D eigenvalue weighted by molar-refractivity contribution is 5.64. The van der Waals surface area contributed by atoms with Gasteiger partial charge in [0.1, 0.15) is 6.61 Å². The number of amides is 1. The number of hydrogen-bond donors (Lipinski definition) is 2. The lowest BCUT2D eigenvalue weighted by Gasteiger charge is -2.05. The highest BCUT2D eigenvalue weighted by Crippen LogP contribution is 1.91. The second kappa shape index (κ2) is 6.67. The first-order valence-electron chi connectivity index (χ1n) is 3.96. The van der Waals surface area contributed by atoms with Crippen LogP contribution in [0.4, 0.5) is 4.79 Å². The van der Waals surface area contributed by atoms with Crippen LogP contribution in [-0.2, 0) is 4.74 Å². The molecule has 0 aliphatic carbocycles. The lowest BCUT2D eigenvalue weighted by molar-refractivity contribution is 0.157. The summed E-state index contributed by atoms with van der Waals surface area (Å²) in [5.41, 5.74) is 5.89. The zero-order valence-corrected chi connectivity index (χ0v) is 7.43. The summed E-state index contributed by atoms with van der Waals surface area (Å²) in [4.78, 5) is 10.1. The SMILES string of the molecule is C=C(CC)CNCCOC(N)=O. The number of nitrogens with one attached hydrogen (secondary N) is 1. The number of nitrogens with two attached hydrogens (primary N) is 1. The summed E-state index contributed by atoms with van der Waals surface area (Å²) in [6.07, 6.45) is 0.232. The number of carbonyl (C=O) groups is 1. The Morgan fingerprint density at radius 3 is 2.83 bits per heavy atom. The van der Waals surface area contributed by atoms with E-state index in [2.05, 4.69) is 16.6 Å². The quantitative estimate of drug-likeness (QED) is 0.456. The van der Waals surface area contributed by atoms with Gasteiger partial charge in [-0.05, 0) is 6.42 Å². The number of hydrogen-bond acceptors (Lipinski definition) is 3. The summed E-state index contributed by atoms with van der Waals surface area (Å²) in [7, 11) is 0. The zero-order chi connectivity index (χ0) is 9.40. The number of rotatable bonds is 6. The highest BCUT2D eigenvalue weighted by atomic mass is 16.5. The molecule has 0 spiro atoms. The number of ether oxygens (including phenoxy) is 1. The molecular formula is C8H16N2O2. The highest BCUT2D eigenvalue weighted by Gasteiger charge is 1.93. The number of primary amides is 1. The molecule has 0 aromatic carbocycles. The molecule has 0 fully saturated rings. The van der Waals surface area contributed by atoms with Crippen LogP contribution in [-0.4, -0.2) is 25.8 Å². The van der Waals surface area contributed by atoms with Crippen LogP contribution < -0.4 is 11.1 Å². The predicted molar refractivity (Wildman–Crippen MR) is 47.8 cm³/mol. The number of carbonyl (C=O) groups excluding carboxylic acids is 1. The van der Waals surface area contributed by atoms with Crippen LogP contribution in [0.1, 0.15) is 13.3 Å². The van der Waals surface area contributed by atoms with Crippen LogP contribution >= 0.6 is 0 Å². The van der Waals surface area contributed by atoms with E-state index in [1.165, 1.54) is 0 Å². The van der Waals surface area contributed by atoms with Crippen molar-refractivity contribution >= 4 is 6.09 Å². The molecule has 0 radical (unpaired) electrons. The molecule has 0 saturated heterocycles. The Hall–Kier alpha value is -1.03. The largest absolute Gasteiger partial charge is 0.448 e. The fourth-order valence-electron chi connectivity index (χ4n) is 0.614. The smallest absolute Gasteiger partial charge is 0.404 e. The van der Waals surface area contributed by atoms with Gasteiger partial charge in [-0.25, -0.2) is 4.79 Å². The van der Waals surface area contributed by atoms with Crippen LogP contribution in [0.15, 0.2) is 12.2 Å². The van der Waals surface area contributed by atoms with E-state index >= 15 is 0 Å².